The Labute approximate surface area is 223 Å². The van der Waals surface area contributed by atoms with Crippen LogP contribution in [-0.2, 0) is 6.42 Å². The van der Waals surface area contributed by atoms with Gasteiger partial charge in [-0.25, -0.2) is 4.39 Å². The van der Waals surface area contributed by atoms with Gasteiger partial charge in [-0.3, -0.25) is 4.79 Å². The lowest BCUT2D eigenvalue weighted by molar-refractivity contribution is -0.139. The zero-order chi connectivity index (χ0) is 26.6. The molecule has 3 rings (SSSR count). The van der Waals surface area contributed by atoms with Gasteiger partial charge < -0.3 is 5.32 Å². The van der Waals surface area contributed by atoms with E-state index in [0.29, 0.717) is 30.0 Å². The van der Waals surface area contributed by atoms with Gasteiger partial charge in [-0.2, -0.15) is 13.2 Å². The lowest BCUT2D eigenvalue weighted by Gasteiger charge is -2.19. The summed E-state index contributed by atoms with van der Waals surface area (Å²) in [5, 5.41) is 2.85. The van der Waals surface area contributed by atoms with E-state index in [9.17, 15) is 18.0 Å². The van der Waals surface area contributed by atoms with E-state index >= 15 is 4.39 Å². The van der Waals surface area contributed by atoms with Crippen molar-refractivity contribution in [3.05, 3.63) is 86.0 Å². The molecular weight excluding hydrogens is 537 g/mol. The van der Waals surface area contributed by atoms with Gasteiger partial charge in [0.05, 0.1) is 15.1 Å². The molecule has 9 heteroatoms. The summed E-state index contributed by atoms with van der Waals surface area (Å²) >= 11 is 17.7. The molecule has 194 valence electrons. The molecule has 36 heavy (non-hydrogen) atoms. The zero-order valence-corrected chi connectivity index (χ0v) is 21.9. The van der Waals surface area contributed by atoms with Crippen LogP contribution in [0.4, 0.5) is 17.6 Å². The number of alkyl halides is 3. The van der Waals surface area contributed by atoms with Crippen LogP contribution >= 0.6 is 34.8 Å². The number of halogens is 7. The van der Waals surface area contributed by atoms with Crippen molar-refractivity contribution >= 4 is 46.4 Å². The molecule has 2 aromatic rings. The van der Waals surface area contributed by atoms with E-state index in [1.807, 2.05) is 0 Å². The maximum Gasteiger partial charge on any atom is 0.399 e. The lowest BCUT2D eigenvalue weighted by atomic mass is 9.94. The number of ketones is 1. The topological polar surface area (TPSA) is 29.1 Å². The number of carbonyl (C=O) groups is 1. The molecule has 0 radical (unpaired) electrons. The van der Waals surface area contributed by atoms with Crippen LogP contribution in [0.5, 0.6) is 0 Å². The molecule has 0 spiro atoms. The third-order valence-electron chi connectivity index (χ3n) is 6.11. The second-order valence-electron chi connectivity index (χ2n) is 9.02. The highest BCUT2D eigenvalue weighted by Gasteiger charge is 2.40. The van der Waals surface area contributed by atoms with Crippen molar-refractivity contribution in [1.82, 2.24) is 5.32 Å². The molecule has 2 nitrogen and oxygen atoms in total. The molecule has 1 fully saturated rings. The second kappa shape index (κ2) is 12.0. The largest absolute Gasteiger partial charge is 0.399 e. The smallest absolute Gasteiger partial charge is 0.389 e. The number of Topliss-reactive ketones (excluding diaryl/α,β-unsaturated/α-hetero) is 1. The Morgan fingerprint density at radius 1 is 1.17 bits per heavy atom. The van der Waals surface area contributed by atoms with Crippen molar-refractivity contribution in [3.8, 4) is 0 Å². The summed E-state index contributed by atoms with van der Waals surface area (Å²) in [6, 6.07) is 6.18. The maximum atomic E-state index is 15.2. The van der Waals surface area contributed by atoms with Crippen LogP contribution in [0, 0.1) is 5.92 Å². The summed E-state index contributed by atoms with van der Waals surface area (Å²) < 4.78 is 56.8. The van der Waals surface area contributed by atoms with Gasteiger partial charge in [0.2, 0.25) is 0 Å². The predicted molar refractivity (Wildman–Crippen MR) is 139 cm³/mol. The van der Waals surface area contributed by atoms with E-state index in [2.05, 4.69) is 11.9 Å². The summed E-state index contributed by atoms with van der Waals surface area (Å²) in [5.74, 6) is -2.83. The molecule has 2 aromatic carbocycles. The van der Waals surface area contributed by atoms with Crippen molar-refractivity contribution in [2.75, 3.05) is 6.54 Å². The van der Waals surface area contributed by atoms with Gasteiger partial charge in [-0.15, -0.1) is 0 Å². The van der Waals surface area contributed by atoms with E-state index in [0.717, 1.165) is 36.7 Å². The normalized spacial score (nSPS) is 15.1. The summed E-state index contributed by atoms with van der Waals surface area (Å²) in [7, 11) is 0. The highest BCUT2D eigenvalue weighted by Crippen LogP contribution is 2.42. The number of hydrogen-bond donors (Lipinski definition) is 1. The van der Waals surface area contributed by atoms with Gasteiger partial charge in [0.15, 0.2) is 5.78 Å². The molecule has 0 heterocycles. The van der Waals surface area contributed by atoms with Crippen LogP contribution in [-0.4, -0.2) is 18.5 Å². The number of allylic oxidation sites excluding steroid dienone is 2. The maximum absolute atomic E-state index is 15.2. The number of hydrogen-bond acceptors (Lipinski definition) is 2. The van der Waals surface area contributed by atoms with Crippen LogP contribution in [0.3, 0.4) is 0 Å². The first-order valence-corrected chi connectivity index (χ1v) is 12.6. The van der Waals surface area contributed by atoms with Crippen molar-refractivity contribution < 1.29 is 22.4 Å². The van der Waals surface area contributed by atoms with Crippen LogP contribution in [0.25, 0.3) is 5.83 Å². The Morgan fingerprint density at radius 2 is 1.81 bits per heavy atom. The van der Waals surface area contributed by atoms with Gasteiger partial charge in [-0.05, 0) is 67.5 Å². The summed E-state index contributed by atoms with van der Waals surface area (Å²) in [6.45, 7) is 6.21. The lowest BCUT2D eigenvalue weighted by Crippen LogP contribution is -2.19. The van der Waals surface area contributed by atoms with Crippen molar-refractivity contribution in [1.29, 1.82) is 0 Å². The van der Waals surface area contributed by atoms with E-state index in [1.54, 1.807) is 0 Å². The monoisotopic (exact) mass is 561 g/mol. The zero-order valence-electron chi connectivity index (χ0n) is 19.6. The first-order valence-electron chi connectivity index (χ1n) is 11.5. The van der Waals surface area contributed by atoms with Gasteiger partial charge in [0.1, 0.15) is 11.7 Å². The van der Waals surface area contributed by atoms with E-state index in [1.165, 1.54) is 38.0 Å². The summed E-state index contributed by atoms with van der Waals surface area (Å²) in [4.78, 5) is 12.1. The minimum atomic E-state index is -4.82. The van der Waals surface area contributed by atoms with Gasteiger partial charge in [0.25, 0.3) is 0 Å². The minimum Gasteiger partial charge on any atom is -0.389 e. The first kappa shape index (κ1) is 28.5. The molecule has 1 aliphatic rings. The van der Waals surface area contributed by atoms with Crippen LogP contribution < -0.4 is 5.32 Å². The van der Waals surface area contributed by atoms with Gasteiger partial charge >= 0.3 is 6.18 Å². The molecule has 0 saturated heterocycles. The molecule has 0 amide bonds. The summed E-state index contributed by atoms with van der Waals surface area (Å²) in [5.41, 5.74) is 1.31. The number of carbonyl (C=O) groups excluding carboxylic acids is 1. The average Bonchev–Trinajstić information content (AvgIpc) is 3.62. The van der Waals surface area contributed by atoms with Crippen molar-refractivity contribution in [3.63, 3.8) is 0 Å². The van der Waals surface area contributed by atoms with E-state index in [4.69, 9.17) is 34.8 Å². The average molecular weight is 563 g/mol. The van der Waals surface area contributed by atoms with E-state index in [-0.39, 0.29) is 32.0 Å². The summed E-state index contributed by atoms with van der Waals surface area (Å²) in [6.07, 6.45) is 0.145. The SMILES string of the molecule is C=C(CCc1cc(/C(F)=C/C(c2cc(Cl)c(Cl)c(Cl)c2)C(F)(F)F)ccc1C(C)=O)NCCC1CC1. The fraction of sp³-hybridized carbons (Fsp3) is 0.370. The molecule has 1 aliphatic carbocycles. The van der Waals surface area contributed by atoms with Crippen LogP contribution in [0.1, 0.15) is 65.6 Å². The van der Waals surface area contributed by atoms with Crippen molar-refractivity contribution in [2.45, 2.75) is 51.1 Å². The van der Waals surface area contributed by atoms with E-state index < -0.39 is 17.9 Å². The standard InChI is InChI=1S/C27H26Cl3F4NO/c1-15(35-10-9-17-4-5-17)3-6-18-11-19(7-8-21(18)16(2)36)25(31)14-22(27(32,33)34)20-12-23(28)26(30)24(29)13-20/h7-8,11-14,17,22,35H,1,3-6,9-10H2,2H3/b25-14-. The number of rotatable bonds is 11. The van der Waals surface area contributed by atoms with Crippen LogP contribution in [0.2, 0.25) is 15.1 Å². The highest BCUT2D eigenvalue weighted by atomic mass is 35.5. The number of benzene rings is 2. The Balaban J connectivity index is 1.85. The third-order valence-corrected chi connectivity index (χ3v) is 7.31. The predicted octanol–water partition coefficient (Wildman–Crippen LogP) is 9.34. The Kier molecular flexibility index (Phi) is 9.53. The van der Waals surface area contributed by atoms with Gasteiger partial charge in [0, 0.05) is 23.4 Å². The Morgan fingerprint density at radius 3 is 2.36 bits per heavy atom. The fourth-order valence-corrected chi connectivity index (χ4v) is 4.52. The quantitative estimate of drug-likeness (QED) is 0.168. The molecule has 1 atom stereocenters. The molecule has 1 unspecified atom stereocenters. The first-order chi connectivity index (χ1) is 16.9. The Hall–Kier alpha value is -2.02. The third kappa shape index (κ3) is 7.74. The molecule has 0 bridgehead atoms. The Bertz CT molecular complexity index is 1150. The molecule has 1 saturated carbocycles. The van der Waals surface area contributed by atoms with Crippen molar-refractivity contribution in [2.24, 2.45) is 5.92 Å². The van der Waals surface area contributed by atoms with Gasteiger partial charge in [-0.1, -0.05) is 66.4 Å². The van der Waals surface area contributed by atoms with Crippen LogP contribution in [0.15, 0.2) is 48.7 Å². The molecule has 1 N–H and O–H groups in total. The molecular formula is C27H26Cl3F4NO. The molecule has 0 aliphatic heterocycles. The number of nitrogens with one attached hydrogen (secondary N) is 1. The second-order valence-corrected chi connectivity index (χ2v) is 10.2. The highest BCUT2D eigenvalue weighted by molar-refractivity contribution is 6.48. The minimum absolute atomic E-state index is 0.0669. The fourth-order valence-electron chi connectivity index (χ4n) is 3.90. The molecule has 0 aromatic heterocycles. The number of aryl methyl sites for hydroxylation is 1.